The lowest BCUT2D eigenvalue weighted by Crippen LogP contribution is -2.39. The Kier molecular flexibility index (Phi) is 8.38. The Labute approximate surface area is 212 Å². The molecule has 0 unspecified atom stereocenters. The number of benzene rings is 3. The number of amides is 1. The van der Waals surface area contributed by atoms with Crippen molar-refractivity contribution in [1.29, 1.82) is 0 Å². The average molecular weight is 510 g/mol. The Morgan fingerprint density at radius 3 is 2.28 bits per heavy atom. The van der Waals surface area contributed by atoms with Gasteiger partial charge in [-0.05, 0) is 86.4 Å². The number of anilines is 3. The van der Waals surface area contributed by atoms with Crippen molar-refractivity contribution in [3.05, 3.63) is 84.7 Å². The van der Waals surface area contributed by atoms with E-state index in [0.717, 1.165) is 56.7 Å². The monoisotopic (exact) mass is 509 g/mol. The second-order valence-corrected chi connectivity index (χ2v) is 11.3. The standard InChI is InChI=1S/C28H32FN3O3S/c1-36(34,35)27-12-10-24(11-13-27)30-28(33)20-22-14-16-31(17-15-22)18-19-32(25-7-3-2-4-8-25)26-9-5-6-23(29)21-26/h2-13,21-22H,14-20H2,1H3,(H,30,33). The molecular formula is C28H32FN3O3S. The Bertz CT molecular complexity index is 1260. The van der Waals surface area contributed by atoms with Gasteiger partial charge < -0.3 is 15.1 Å². The highest BCUT2D eigenvalue weighted by Crippen LogP contribution is 2.27. The van der Waals surface area contributed by atoms with Crippen LogP contribution in [0.3, 0.4) is 0 Å². The first-order chi connectivity index (χ1) is 17.3. The normalized spacial score (nSPS) is 14.9. The van der Waals surface area contributed by atoms with E-state index >= 15 is 0 Å². The minimum absolute atomic E-state index is 0.0538. The third kappa shape index (κ3) is 7.15. The van der Waals surface area contributed by atoms with Crippen LogP contribution < -0.4 is 10.2 Å². The lowest BCUT2D eigenvalue weighted by molar-refractivity contribution is -0.117. The van der Waals surface area contributed by atoms with E-state index in [1.165, 1.54) is 18.2 Å². The fraction of sp³-hybridized carbons (Fsp3) is 0.321. The van der Waals surface area contributed by atoms with Crippen molar-refractivity contribution in [2.24, 2.45) is 5.92 Å². The van der Waals surface area contributed by atoms with Crippen molar-refractivity contribution >= 4 is 32.8 Å². The molecule has 190 valence electrons. The van der Waals surface area contributed by atoms with E-state index < -0.39 is 9.84 Å². The predicted octanol–water partition coefficient (Wildman–Crippen LogP) is 5.11. The zero-order chi connectivity index (χ0) is 25.5. The molecule has 3 aromatic rings. The van der Waals surface area contributed by atoms with Crippen molar-refractivity contribution < 1.29 is 17.6 Å². The molecule has 0 atom stereocenters. The van der Waals surface area contributed by atoms with Gasteiger partial charge in [-0.1, -0.05) is 24.3 Å². The van der Waals surface area contributed by atoms with Gasteiger partial charge in [0.05, 0.1) is 4.90 Å². The molecular weight excluding hydrogens is 477 g/mol. The van der Waals surface area contributed by atoms with Crippen LogP contribution in [-0.2, 0) is 14.6 Å². The summed E-state index contributed by atoms with van der Waals surface area (Å²) >= 11 is 0. The number of hydrogen-bond acceptors (Lipinski definition) is 5. The van der Waals surface area contributed by atoms with Gasteiger partial charge in [0.1, 0.15) is 5.82 Å². The van der Waals surface area contributed by atoms with Crippen LogP contribution in [0.15, 0.2) is 83.8 Å². The third-order valence-electron chi connectivity index (χ3n) is 6.58. The van der Waals surface area contributed by atoms with Crippen LogP contribution in [-0.4, -0.2) is 51.7 Å². The van der Waals surface area contributed by atoms with E-state index in [4.69, 9.17) is 0 Å². The fourth-order valence-corrected chi connectivity index (χ4v) is 5.20. The van der Waals surface area contributed by atoms with Crippen LogP contribution in [0.4, 0.5) is 21.5 Å². The van der Waals surface area contributed by atoms with Gasteiger partial charge in [-0.15, -0.1) is 0 Å². The molecule has 8 heteroatoms. The first-order valence-electron chi connectivity index (χ1n) is 12.2. The minimum atomic E-state index is -3.26. The molecule has 1 aliphatic rings. The van der Waals surface area contributed by atoms with Crippen molar-refractivity contribution in [3.8, 4) is 0 Å². The van der Waals surface area contributed by atoms with E-state index in [0.29, 0.717) is 18.0 Å². The number of nitrogens with zero attached hydrogens (tertiary/aromatic N) is 2. The van der Waals surface area contributed by atoms with Gasteiger partial charge in [-0.3, -0.25) is 4.79 Å². The predicted molar refractivity (Wildman–Crippen MR) is 142 cm³/mol. The number of piperidine rings is 1. The van der Waals surface area contributed by atoms with Crippen molar-refractivity contribution in [1.82, 2.24) is 4.90 Å². The van der Waals surface area contributed by atoms with Gasteiger partial charge >= 0.3 is 0 Å². The molecule has 1 amide bonds. The molecule has 3 aromatic carbocycles. The number of likely N-dealkylation sites (tertiary alicyclic amines) is 1. The highest BCUT2D eigenvalue weighted by molar-refractivity contribution is 7.90. The van der Waals surface area contributed by atoms with Gasteiger partial charge in [0.15, 0.2) is 9.84 Å². The van der Waals surface area contributed by atoms with Gasteiger partial charge in [0.2, 0.25) is 5.91 Å². The summed E-state index contributed by atoms with van der Waals surface area (Å²) in [4.78, 5) is 17.3. The molecule has 1 N–H and O–H groups in total. The third-order valence-corrected chi connectivity index (χ3v) is 7.70. The fourth-order valence-electron chi connectivity index (χ4n) is 4.57. The SMILES string of the molecule is CS(=O)(=O)c1ccc(NC(=O)CC2CCN(CCN(c3ccccc3)c3cccc(F)c3)CC2)cc1. The van der Waals surface area contributed by atoms with Crippen LogP contribution in [0.2, 0.25) is 0 Å². The van der Waals surface area contributed by atoms with E-state index in [2.05, 4.69) is 15.1 Å². The Hall–Kier alpha value is -3.23. The number of rotatable bonds is 9. The smallest absolute Gasteiger partial charge is 0.224 e. The first-order valence-corrected chi connectivity index (χ1v) is 14.1. The van der Waals surface area contributed by atoms with E-state index in [1.807, 2.05) is 36.4 Å². The molecule has 36 heavy (non-hydrogen) atoms. The lowest BCUT2D eigenvalue weighted by Gasteiger charge is -2.34. The van der Waals surface area contributed by atoms with Gasteiger partial charge in [0, 0.05) is 42.8 Å². The number of nitrogens with one attached hydrogen (secondary N) is 1. The highest BCUT2D eigenvalue weighted by atomic mass is 32.2. The van der Waals surface area contributed by atoms with Gasteiger partial charge in [0.25, 0.3) is 0 Å². The number of sulfone groups is 1. The summed E-state index contributed by atoms with van der Waals surface area (Å²) in [5, 5.41) is 2.88. The molecule has 0 radical (unpaired) electrons. The highest BCUT2D eigenvalue weighted by Gasteiger charge is 2.22. The number of carbonyl (C=O) groups excluding carboxylic acids is 1. The van der Waals surface area contributed by atoms with E-state index in [-0.39, 0.29) is 16.6 Å². The van der Waals surface area contributed by atoms with E-state index in [9.17, 15) is 17.6 Å². The number of halogens is 1. The second-order valence-electron chi connectivity index (χ2n) is 9.30. The molecule has 1 aliphatic heterocycles. The van der Waals surface area contributed by atoms with Crippen LogP contribution in [0, 0.1) is 11.7 Å². The van der Waals surface area contributed by atoms with E-state index in [1.54, 1.807) is 24.3 Å². The molecule has 1 heterocycles. The molecule has 0 aliphatic carbocycles. The number of para-hydroxylation sites is 1. The van der Waals surface area contributed by atoms with Crippen LogP contribution in [0.25, 0.3) is 0 Å². The van der Waals surface area contributed by atoms with Gasteiger partial charge in [-0.25, -0.2) is 12.8 Å². The quantitative estimate of drug-likeness (QED) is 0.434. The Morgan fingerprint density at radius 2 is 1.64 bits per heavy atom. The molecule has 6 nitrogen and oxygen atoms in total. The summed E-state index contributed by atoms with van der Waals surface area (Å²) < 4.78 is 37.1. The van der Waals surface area contributed by atoms with Crippen LogP contribution in [0.1, 0.15) is 19.3 Å². The summed E-state index contributed by atoms with van der Waals surface area (Å²) in [6, 6.07) is 22.9. The van der Waals surface area contributed by atoms with Crippen LogP contribution in [0.5, 0.6) is 0 Å². The molecule has 0 aromatic heterocycles. The second kappa shape index (κ2) is 11.7. The molecule has 0 bridgehead atoms. The zero-order valence-electron chi connectivity index (χ0n) is 20.4. The molecule has 4 rings (SSSR count). The number of hydrogen-bond donors (Lipinski definition) is 1. The van der Waals surface area contributed by atoms with Crippen molar-refractivity contribution in [3.63, 3.8) is 0 Å². The molecule has 1 saturated heterocycles. The average Bonchev–Trinajstić information content (AvgIpc) is 2.86. The van der Waals surface area contributed by atoms with Gasteiger partial charge in [-0.2, -0.15) is 0 Å². The van der Waals surface area contributed by atoms with Crippen LogP contribution >= 0.6 is 0 Å². The largest absolute Gasteiger partial charge is 0.340 e. The Morgan fingerprint density at radius 1 is 0.972 bits per heavy atom. The topological polar surface area (TPSA) is 69.7 Å². The molecule has 0 spiro atoms. The summed E-state index contributed by atoms with van der Waals surface area (Å²) in [5.74, 6) is 0.00534. The minimum Gasteiger partial charge on any atom is -0.340 e. The molecule has 0 saturated carbocycles. The first kappa shape index (κ1) is 25.9. The molecule has 1 fully saturated rings. The maximum atomic E-state index is 13.9. The number of carbonyl (C=O) groups is 1. The maximum absolute atomic E-state index is 13.9. The van der Waals surface area contributed by atoms with Crippen molar-refractivity contribution in [2.75, 3.05) is 42.7 Å². The summed E-state index contributed by atoms with van der Waals surface area (Å²) in [5.41, 5.74) is 2.46. The summed E-state index contributed by atoms with van der Waals surface area (Å²) in [7, 11) is -3.26. The maximum Gasteiger partial charge on any atom is 0.224 e. The Balaban J connectivity index is 1.26. The lowest BCUT2D eigenvalue weighted by atomic mass is 9.93. The summed E-state index contributed by atoms with van der Waals surface area (Å²) in [6.07, 6.45) is 3.48. The van der Waals surface area contributed by atoms with Crippen molar-refractivity contribution in [2.45, 2.75) is 24.2 Å². The summed E-state index contributed by atoms with van der Waals surface area (Å²) in [6.45, 7) is 3.40. The zero-order valence-corrected chi connectivity index (χ0v) is 21.3.